The summed E-state index contributed by atoms with van der Waals surface area (Å²) in [5.41, 5.74) is 1.98. The van der Waals surface area contributed by atoms with Crippen molar-refractivity contribution in [2.75, 3.05) is 13.7 Å². The Bertz CT molecular complexity index is 532. The first kappa shape index (κ1) is 15.3. The summed E-state index contributed by atoms with van der Waals surface area (Å²) in [6.45, 7) is 2.50. The van der Waals surface area contributed by atoms with Gasteiger partial charge in [0.05, 0.1) is 12.6 Å². The van der Waals surface area contributed by atoms with Gasteiger partial charge in [0.1, 0.15) is 6.04 Å². The molecular formula is C15H20N2O4. The van der Waals surface area contributed by atoms with Crippen molar-refractivity contribution in [1.29, 1.82) is 0 Å². The fourth-order valence-electron chi connectivity index (χ4n) is 2.54. The maximum Gasteiger partial charge on any atom is 0.326 e. The molecule has 1 aliphatic heterocycles. The van der Waals surface area contributed by atoms with E-state index in [9.17, 15) is 14.7 Å². The van der Waals surface area contributed by atoms with Gasteiger partial charge in [-0.3, -0.25) is 0 Å². The highest BCUT2D eigenvalue weighted by Gasteiger charge is 2.34. The number of nitrogens with zero attached hydrogens (tertiary/aromatic N) is 1. The number of amides is 2. The summed E-state index contributed by atoms with van der Waals surface area (Å²) in [7, 11) is 1.56. The second-order valence-electron chi connectivity index (χ2n) is 5.26. The fraction of sp³-hybridized carbons (Fsp3) is 0.467. The van der Waals surface area contributed by atoms with Crippen molar-refractivity contribution in [3.63, 3.8) is 0 Å². The van der Waals surface area contributed by atoms with Crippen LogP contribution in [0.4, 0.5) is 4.79 Å². The van der Waals surface area contributed by atoms with Gasteiger partial charge in [-0.1, -0.05) is 24.3 Å². The summed E-state index contributed by atoms with van der Waals surface area (Å²) in [5.74, 6) is -0.987. The number of hydrogen-bond donors (Lipinski definition) is 2. The van der Waals surface area contributed by atoms with E-state index >= 15 is 0 Å². The average Bonchev–Trinajstić information content (AvgIpc) is 2.45. The second kappa shape index (κ2) is 6.58. The molecule has 0 saturated carbocycles. The molecule has 2 unspecified atom stereocenters. The number of benzene rings is 1. The Kier molecular flexibility index (Phi) is 4.80. The number of rotatable bonds is 4. The van der Waals surface area contributed by atoms with Gasteiger partial charge in [-0.15, -0.1) is 0 Å². The summed E-state index contributed by atoms with van der Waals surface area (Å²) >= 11 is 0. The smallest absolute Gasteiger partial charge is 0.326 e. The van der Waals surface area contributed by atoms with E-state index in [4.69, 9.17) is 4.74 Å². The summed E-state index contributed by atoms with van der Waals surface area (Å²) in [5, 5.41) is 12.1. The lowest BCUT2D eigenvalue weighted by Gasteiger charge is -2.35. The molecule has 2 rings (SSSR count). The Balaban J connectivity index is 2.16. The number of methoxy groups -OCH3 is 1. The third kappa shape index (κ3) is 3.52. The molecule has 2 atom stereocenters. The van der Waals surface area contributed by atoms with Crippen LogP contribution in [0.1, 0.15) is 18.1 Å². The van der Waals surface area contributed by atoms with Gasteiger partial charge in [0, 0.05) is 20.1 Å². The molecule has 6 heteroatoms. The molecule has 21 heavy (non-hydrogen) atoms. The summed E-state index contributed by atoms with van der Waals surface area (Å²) < 4.78 is 4.97. The van der Waals surface area contributed by atoms with Crippen LogP contribution in [-0.2, 0) is 22.5 Å². The van der Waals surface area contributed by atoms with E-state index in [1.54, 1.807) is 7.11 Å². The molecule has 0 bridgehead atoms. The van der Waals surface area contributed by atoms with Gasteiger partial charge in [0.15, 0.2) is 0 Å². The molecule has 1 aliphatic rings. The molecule has 1 aromatic carbocycles. The van der Waals surface area contributed by atoms with E-state index < -0.39 is 12.0 Å². The molecule has 6 nitrogen and oxygen atoms in total. The van der Waals surface area contributed by atoms with Gasteiger partial charge in [0.2, 0.25) is 0 Å². The Morgan fingerprint density at radius 2 is 2.10 bits per heavy atom. The van der Waals surface area contributed by atoms with E-state index in [0.29, 0.717) is 19.6 Å². The van der Waals surface area contributed by atoms with Crippen LogP contribution in [0.15, 0.2) is 24.3 Å². The summed E-state index contributed by atoms with van der Waals surface area (Å²) in [4.78, 5) is 25.1. The standard InChI is InChI=1S/C15H20N2O4/c1-10(9-21-2)16-15(20)17-8-12-6-4-3-5-11(12)7-13(17)14(18)19/h3-6,10,13H,7-9H2,1-2H3,(H,16,20)(H,18,19). The van der Waals surface area contributed by atoms with Crippen LogP contribution < -0.4 is 5.32 Å². The maximum absolute atomic E-state index is 12.3. The lowest BCUT2D eigenvalue weighted by molar-refractivity contribution is -0.142. The quantitative estimate of drug-likeness (QED) is 0.875. The number of carbonyl (C=O) groups is 2. The molecule has 1 aromatic rings. The van der Waals surface area contributed by atoms with Crippen LogP contribution in [0.25, 0.3) is 0 Å². The Morgan fingerprint density at radius 3 is 2.71 bits per heavy atom. The van der Waals surface area contributed by atoms with Gasteiger partial charge >= 0.3 is 12.0 Å². The third-order valence-electron chi connectivity index (χ3n) is 3.58. The van der Waals surface area contributed by atoms with Crippen LogP contribution in [0.3, 0.4) is 0 Å². The van der Waals surface area contributed by atoms with Crippen molar-refractivity contribution >= 4 is 12.0 Å². The first-order valence-electron chi connectivity index (χ1n) is 6.88. The molecule has 114 valence electrons. The normalized spacial score (nSPS) is 18.8. The van der Waals surface area contributed by atoms with Crippen LogP contribution >= 0.6 is 0 Å². The minimum Gasteiger partial charge on any atom is -0.480 e. The summed E-state index contributed by atoms with van der Waals surface area (Å²) in [6, 6.07) is 6.23. The number of carboxylic acid groups (broad SMARTS) is 1. The Hall–Kier alpha value is -2.08. The minimum atomic E-state index is -0.987. The highest BCUT2D eigenvalue weighted by Crippen LogP contribution is 2.23. The topological polar surface area (TPSA) is 78.9 Å². The Morgan fingerprint density at radius 1 is 1.43 bits per heavy atom. The molecule has 0 aromatic heterocycles. The van der Waals surface area contributed by atoms with Crippen molar-refractivity contribution in [2.24, 2.45) is 0 Å². The summed E-state index contributed by atoms with van der Waals surface area (Å²) in [6.07, 6.45) is 0.331. The van der Waals surface area contributed by atoms with E-state index in [2.05, 4.69) is 5.32 Å². The van der Waals surface area contributed by atoms with Crippen LogP contribution in [0.2, 0.25) is 0 Å². The molecule has 1 heterocycles. The van der Waals surface area contributed by atoms with Crippen LogP contribution in [0.5, 0.6) is 0 Å². The molecule has 0 radical (unpaired) electrons. The number of carboxylic acids is 1. The van der Waals surface area contributed by atoms with Crippen LogP contribution in [-0.4, -0.2) is 47.8 Å². The zero-order valence-electron chi connectivity index (χ0n) is 12.2. The number of urea groups is 1. The zero-order valence-corrected chi connectivity index (χ0v) is 12.2. The zero-order chi connectivity index (χ0) is 15.4. The van der Waals surface area contributed by atoms with Gasteiger partial charge in [-0.25, -0.2) is 9.59 Å². The number of ether oxygens (including phenoxy) is 1. The molecule has 0 saturated heterocycles. The van der Waals surface area contributed by atoms with Crippen molar-refractivity contribution < 1.29 is 19.4 Å². The largest absolute Gasteiger partial charge is 0.480 e. The first-order valence-corrected chi connectivity index (χ1v) is 6.88. The van der Waals surface area contributed by atoms with Gasteiger partial charge < -0.3 is 20.1 Å². The average molecular weight is 292 g/mol. The van der Waals surface area contributed by atoms with Crippen molar-refractivity contribution in [3.05, 3.63) is 35.4 Å². The van der Waals surface area contributed by atoms with Gasteiger partial charge in [0.25, 0.3) is 0 Å². The lowest BCUT2D eigenvalue weighted by Crippen LogP contribution is -2.54. The predicted molar refractivity (Wildman–Crippen MR) is 77.0 cm³/mol. The molecule has 0 spiro atoms. The maximum atomic E-state index is 12.3. The first-order chi connectivity index (χ1) is 10.0. The minimum absolute atomic E-state index is 0.172. The van der Waals surface area contributed by atoms with Crippen molar-refractivity contribution in [2.45, 2.75) is 32.0 Å². The van der Waals surface area contributed by atoms with E-state index in [0.717, 1.165) is 11.1 Å². The third-order valence-corrected chi connectivity index (χ3v) is 3.58. The second-order valence-corrected chi connectivity index (χ2v) is 5.26. The highest BCUT2D eigenvalue weighted by molar-refractivity contribution is 5.83. The lowest BCUT2D eigenvalue weighted by atomic mass is 9.94. The fourth-order valence-corrected chi connectivity index (χ4v) is 2.54. The SMILES string of the molecule is COCC(C)NC(=O)N1Cc2ccccc2CC1C(=O)O. The number of nitrogens with one attached hydrogen (secondary N) is 1. The number of carbonyl (C=O) groups excluding carboxylic acids is 1. The predicted octanol–water partition coefficient (Wildman–Crippen LogP) is 1.24. The van der Waals surface area contributed by atoms with E-state index in [1.165, 1.54) is 4.90 Å². The molecule has 2 N–H and O–H groups in total. The van der Waals surface area contributed by atoms with Gasteiger partial charge in [-0.05, 0) is 18.1 Å². The van der Waals surface area contributed by atoms with E-state index in [-0.39, 0.29) is 12.1 Å². The molecule has 0 fully saturated rings. The number of aliphatic carboxylic acids is 1. The molecule has 2 amide bonds. The Labute approximate surface area is 123 Å². The van der Waals surface area contributed by atoms with Crippen molar-refractivity contribution in [1.82, 2.24) is 10.2 Å². The number of fused-ring (bicyclic) bond motifs is 1. The van der Waals surface area contributed by atoms with Gasteiger partial charge in [-0.2, -0.15) is 0 Å². The molecular weight excluding hydrogens is 272 g/mol. The van der Waals surface area contributed by atoms with Crippen LogP contribution in [0, 0.1) is 0 Å². The van der Waals surface area contributed by atoms with Crippen molar-refractivity contribution in [3.8, 4) is 0 Å². The monoisotopic (exact) mass is 292 g/mol. The molecule has 0 aliphatic carbocycles. The number of hydrogen-bond acceptors (Lipinski definition) is 3. The highest BCUT2D eigenvalue weighted by atomic mass is 16.5. The van der Waals surface area contributed by atoms with E-state index in [1.807, 2.05) is 31.2 Å².